The van der Waals surface area contributed by atoms with Crippen LogP contribution in [0.2, 0.25) is 5.02 Å². The number of hydrogen-bond acceptors (Lipinski definition) is 4. The maximum atomic E-state index is 12.4. The van der Waals surface area contributed by atoms with Crippen LogP contribution in [0.25, 0.3) is 0 Å². The highest BCUT2D eigenvalue weighted by molar-refractivity contribution is 6.31. The van der Waals surface area contributed by atoms with Gasteiger partial charge in [-0.25, -0.2) is 9.97 Å². The molecule has 25 heavy (non-hydrogen) atoms. The van der Waals surface area contributed by atoms with Gasteiger partial charge in [-0.2, -0.15) is 0 Å². The summed E-state index contributed by atoms with van der Waals surface area (Å²) < 4.78 is 0. The van der Waals surface area contributed by atoms with E-state index in [-0.39, 0.29) is 5.91 Å². The quantitative estimate of drug-likeness (QED) is 0.768. The van der Waals surface area contributed by atoms with Gasteiger partial charge in [0.2, 0.25) is 5.95 Å². The van der Waals surface area contributed by atoms with Crippen molar-refractivity contribution in [2.24, 2.45) is 0 Å². The molecule has 1 aliphatic carbocycles. The van der Waals surface area contributed by atoms with Crippen LogP contribution in [0.15, 0.2) is 30.6 Å². The summed E-state index contributed by atoms with van der Waals surface area (Å²) in [6.45, 7) is 1.92. The zero-order valence-corrected chi connectivity index (χ0v) is 15.1. The number of nitrogens with zero attached hydrogens (tertiary/aromatic N) is 2. The SMILES string of the molecule is Cc1ccc(Cl)cc1NC(=O)c1cnc(NC2CCCCCC2)nc1. The van der Waals surface area contributed by atoms with Crippen LogP contribution >= 0.6 is 11.6 Å². The predicted molar refractivity (Wildman–Crippen MR) is 101 cm³/mol. The number of carbonyl (C=O) groups excluding carboxylic acids is 1. The average molecular weight is 359 g/mol. The van der Waals surface area contributed by atoms with Crippen LogP contribution in [0.1, 0.15) is 54.4 Å². The first-order valence-electron chi connectivity index (χ1n) is 8.78. The first kappa shape index (κ1) is 17.7. The van der Waals surface area contributed by atoms with Gasteiger partial charge in [0.25, 0.3) is 5.91 Å². The first-order chi connectivity index (χ1) is 12.1. The van der Waals surface area contributed by atoms with Gasteiger partial charge in [-0.1, -0.05) is 43.4 Å². The maximum Gasteiger partial charge on any atom is 0.258 e. The molecule has 2 aromatic rings. The fourth-order valence-corrected chi connectivity index (χ4v) is 3.22. The highest BCUT2D eigenvalue weighted by Crippen LogP contribution is 2.21. The van der Waals surface area contributed by atoms with E-state index in [1.807, 2.05) is 13.0 Å². The monoisotopic (exact) mass is 358 g/mol. The molecule has 0 bridgehead atoms. The summed E-state index contributed by atoms with van der Waals surface area (Å²) in [6.07, 6.45) is 10.5. The second-order valence-corrected chi connectivity index (χ2v) is 6.98. The van der Waals surface area contributed by atoms with Gasteiger partial charge in [0.05, 0.1) is 5.56 Å². The zero-order valence-electron chi connectivity index (χ0n) is 14.4. The van der Waals surface area contributed by atoms with Gasteiger partial charge in [0, 0.05) is 29.1 Å². The van der Waals surface area contributed by atoms with Gasteiger partial charge >= 0.3 is 0 Å². The largest absolute Gasteiger partial charge is 0.351 e. The van der Waals surface area contributed by atoms with Crippen molar-refractivity contribution in [2.75, 3.05) is 10.6 Å². The summed E-state index contributed by atoms with van der Waals surface area (Å²) in [5.41, 5.74) is 2.06. The molecule has 0 radical (unpaired) electrons. The number of anilines is 2. The first-order valence-corrected chi connectivity index (χ1v) is 9.16. The van der Waals surface area contributed by atoms with Crippen molar-refractivity contribution in [1.82, 2.24) is 9.97 Å². The highest BCUT2D eigenvalue weighted by Gasteiger charge is 2.14. The van der Waals surface area contributed by atoms with Crippen molar-refractivity contribution in [2.45, 2.75) is 51.5 Å². The Morgan fingerprint density at radius 2 is 1.80 bits per heavy atom. The minimum absolute atomic E-state index is 0.244. The average Bonchev–Trinajstić information content (AvgIpc) is 2.87. The molecule has 3 rings (SSSR count). The van der Waals surface area contributed by atoms with Crippen LogP contribution in [-0.4, -0.2) is 21.9 Å². The Balaban J connectivity index is 1.63. The van der Waals surface area contributed by atoms with E-state index in [1.165, 1.54) is 25.7 Å². The lowest BCUT2D eigenvalue weighted by Crippen LogP contribution is -2.20. The number of benzene rings is 1. The lowest BCUT2D eigenvalue weighted by atomic mass is 10.1. The van der Waals surface area contributed by atoms with Crippen LogP contribution < -0.4 is 10.6 Å². The van der Waals surface area contributed by atoms with Gasteiger partial charge < -0.3 is 10.6 Å². The van der Waals surface area contributed by atoms with Crippen molar-refractivity contribution in [3.05, 3.63) is 46.7 Å². The summed E-state index contributed by atoms with van der Waals surface area (Å²) in [6, 6.07) is 5.83. The Morgan fingerprint density at radius 3 is 2.48 bits per heavy atom. The van der Waals surface area contributed by atoms with Crippen molar-refractivity contribution in [1.29, 1.82) is 0 Å². The van der Waals surface area contributed by atoms with Gasteiger partial charge in [0.1, 0.15) is 0 Å². The topological polar surface area (TPSA) is 66.9 Å². The minimum Gasteiger partial charge on any atom is -0.351 e. The number of halogens is 1. The second-order valence-electron chi connectivity index (χ2n) is 6.54. The van der Waals surface area contributed by atoms with Gasteiger partial charge in [-0.05, 0) is 37.5 Å². The van der Waals surface area contributed by atoms with E-state index in [1.54, 1.807) is 24.5 Å². The molecule has 1 aliphatic rings. The van der Waals surface area contributed by atoms with E-state index >= 15 is 0 Å². The van der Waals surface area contributed by atoms with Gasteiger partial charge in [-0.15, -0.1) is 0 Å². The molecule has 0 aliphatic heterocycles. The summed E-state index contributed by atoms with van der Waals surface area (Å²) in [5.74, 6) is 0.341. The zero-order chi connectivity index (χ0) is 17.6. The molecule has 0 spiro atoms. The third kappa shape index (κ3) is 4.92. The number of nitrogens with one attached hydrogen (secondary N) is 2. The fraction of sp³-hybridized carbons (Fsp3) is 0.421. The van der Waals surface area contributed by atoms with Crippen LogP contribution in [0.4, 0.5) is 11.6 Å². The molecule has 1 aromatic carbocycles. The van der Waals surface area contributed by atoms with Crippen molar-refractivity contribution in [3.63, 3.8) is 0 Å². The van der Waals surface area contributed by atoms with Crippen LogP contribution in [0.3, 0.4) is 0 Å². The van der Waals surface area contributed by atoms with E-state index in [0.717, 1.165) is 18.4 Å². The smallest absolute Gasteiger partial charge is 0.258 e. The summed E-state index contributed by atoms with van der Waals surface area (Å²) in [7, 11) is 0. The molecule has 2 N–H and O–H groups in total. The van der Waals surface area contributed by atoms with E-state index < -0.39 is 0 Å². The van der Waals surface area contributed by atoms with Crippen molar-refractivity contribution >= 4 is 29.1 Å². The molecule has 1 aromatic heterocycles. The summed E-state index contributed by atoms with van der Waals surface area (Å²) in [4.78, 5) is 21.0. The van der Waals surface area contributed by atoms with E-state index in [9.17, 15) is 4.79 Å². The Kier molecular flexibility index (Phi) is 5.87. The van der Waals surface area contributed by atoms with E-state index in [0.29, 0.717) is 28.3 Å². The normalized spacial score (nSPS) is 15.4. The number of carbonyl (C=O) groups is 1. The van der Waals surface area contributed by atoms with Gasteiger partial charge in [-0.3, -0.25) is 4.79 Å². The van der Waals surface area contributed by atoms with Gasteiger partial charge in [0.15, 0.2) is 0 Å². The number of amides is 1. The minimum atomic E-state index is -0.244. The summed E-state index contributed by atoms with van der Waals surface area (Å²) in [5, 5.41) is 6.82. The third-order valence-electron chi connectivity index (χ3n) is 4.55. The lowest BCUT2D eigenvalue weighted by molar-refractivity contribution is 0.102. The Labute approximate surface area is 153 Å². The predicted octanol–water partition coefficient (Wildman–Crippen LogP) is 4.83. The Morgan fingerprint density at radius 1 is 1.12 bits per heavy atom. The number of aryl methyl sites for hydroxylation is 1. The molecule has 0 atom stereocenters. The molecular weight excluding hydrogens is 336 g/mol. The summed E-state index contributed by atoms with van der Waals surface area (Å²) >= 11 is 5.99. The maximum absolute atomic E-state index is 12.4. The molecule has 0 saturated heterocycles. The van der Waals surface area contributed by atoms with Crippen molar-refractivity contribution in [3.8, 4) is 0 Å². The second kappa shape index (κ2) is 8.30. The van der Waals surface area contributed by atoms with Crippen LogP contribution in [-0.2, 0) is 0 Å². The molecule has 1 saturated carbocycles. The van der Waals surface area contributed by atoms with E-state index in [4.69, 9.17) is 11.6 Å². The van der Waals surface area contributed by atoms with Crippen LogP contribution in [0, 0.1) is 6.92 Å². The molecule has 0 unspecified atom stereocenters. The van der Waals surface area contributed by atoms with Crippen molar-refractivity contribution < 1.29 is 4.79 Å². The Bertz CT molecular complexity index is 725. The molecule has 6 heteroatoms. The van der Waals surface area contributed by atoms with E-state index in [2.05, 4.69) is 20.6 Å². The number of aromatic nitrogens is 2. The van der Waals surface area contributed by atoms with Crippen LogP contribution in [0.5, 0.6) is 0 Å². The molecular formula is C19H23ClN4O. The lowest BCUT2D eigenvalue weighted by Gasteiger charge is -2.16. The highest BCUT2D eigenvalue weighted by atomic mass is 35.5. The standard InChI is InChI=1S/C19H23ClN4O/c1-13-8-9-15(20)10-17(13)24-18(25)14-11-21-19(22-12-14)23-16-6-4-2-3-5-7-16/h8-12,16H,2-7H2,1H3,(H,24,25)(H,21,22,23). The molecule has 132 valence electrons. The molecule has 1 heterocycles. The third-order valence-corrected chi connectivity index (χ3v) is 4.79. The molecule has 1 amide bonds. The molecule has 5 nitrogen and oxygen atoms in total. The fourth-order valence-electron chi connectivity index (χ4n) is 3.05. The number of rotatable bonds is 4. The number of hydrogen-bond donors (Lipinski definition) is 2. The Hall–Kier alpha value is -2.14. The molecule has 1 fully saturated rings.